The summed E-state index contributed by atoms with van der Waals surface area (Å²) in [5, 5.41) is 0. The average molecular weight is 292 g/mol. The van der Waals surface area contributed by atoms with E-state index in [1.807, 2.05) is 20.8 Å². The zero-order valence-corrected chi connectivity index (χ0v) is 14.7. The standard InChI is InChI=1S/C15H33O3P/c1-8-9-19(16,17-14(6)10-12(2)3)18-15(7)11-13(4)5/h12-15H,8-11H2,1-7H3. The van der Waals surface area contributed by atoms with E-state index in [1.165, 1.54) is 0 Å². The number of hydrogen-bond acceptors (Lipinski definition) is 3. The van der Waals surface area contributed by atoms with Crippen LogP contribution in [-0.4, -0.2) is 18.4 Å². The van der Waals surface area contributed by atoms with Gasteiger partial charge >= 0.3 is 7.60 Å². The molecular weight excluding hydrogens is 259 g/mol. The first-order valence-corrected chi connectivity index (χ1v) is 9.37. The molecule has 3 nitrogen and oxygen atoms in total. The minimum Gasteiger partial charge on any atom is -0.306 e. The van der Waals surface area contributed by atoms with Crippen molar-refractivity contribution in [3.8, 4) is 0 Å². The van der Waals surface area contributed by atoms with E-state index in [2.05, 4.69) is 27.7 Å². The van der Waals surface area contributed by atoms with Crippen molar-refractivity contribution < 1.29 is 13.6 Å². The summed E-state index contributed by atoms with van der Waals surface area (Å²) in [6.07, 6.45) is 3.13. The maximum absolute atomic E-state index is 12.8. The van der Waals surface area contributed by atoms with Gasteiger partial charge in [0.25, 0.3) is 0 Å². The molecule has 0 aromatic carbocycles. The predicted octanol–water partition coefficient (Wildman–Crippen LogP) is 5.49. The summed E-state index contributed by atoms with van der Waals surface area (Å²) in [5.74, 6) is 1.08. The third kappa shape index (κ3) is 9.65. The van der Waals surface area contributed by atoms with Crippen LogP contribution < -0.4 is 0 Å². The molecule has 19 heavy (non-hydrogen) atoms. The Kier molecular flexibility index (Phi) is 9.23. The molecule has 0 bridgehead atoms. The summed E-state index contributed by atoms with van der Waals surface area (Å²) in [5.41, 5.74) is 0. The Morgan fingerprint density at radius 1 is 0.842 bits per heavy atom. The SMILES string of the molecule is CCCP(=O)(OC(C)CC(C)C)OC(C)CC(C)C. The molecule has 0 radical (unpaired) electrons. The third-order valence-corrected chi connectivity index (χ3v) is 5.14. The van der Waals surface area contributed by atoms with Gasteiger partial charge in [-0.15, -0.1) is 0 Å². The molecule has 0 fully saturated rings. The van der Waals surface area contributed by atoms with Gasteiger partial charge in [-0.25, -0.2) is 0 Å². The molecule has 0 aliphatic rings. The summed E-state index contributed by atoms with van der Waals surface area (Å²) in [6, 6.07) is 0. The minimum atomic E-state index is -2.94. The summed E-state index contributed by atoms with van der Waals surface area (Å²) in [4.78, 5) is 0. The zero-order valence-electron chi connectivity index (χ0n) is 13.8. The molecule has 0 aromatic rings. The lowest BCUT2D eigenvalue weighted by Gasteiger charge is -2.26. The molecular formula is C15H33O3P. The van der Waals surface area contributed by atoms with Crippen LogP contribution in [0.3, 0.4) is 0 Å². The van der Waals surface area contributed by atoms with Crippen molar-refractivity contribution in [3.05, 3.63) is 0 Å². The summed E-state index contributed by atoms with van der Waals surface area (Å²) in [7, 11) is -2.94. The van der Waals surface area contributed by atoms with Gasteiger partial charge in [-0.3, -0.25) is 4.57 Å². The van der Waals surface area contributed by atoms with E-state index in [0.29, 0.717) is 18.0 Å². The van der Waals surface area contributed by atoms with Crippen LogP contribution in [0, 0.1) is 11.8 Å². The maximum atomic E-state index is 12.8. The second-order valence-electron chi connectivity index (χ2n) is 6.43. The number of hydrogen-bond donors (Lipinski definition) is 0. The first-order chi connectivity index (χ1) is 8.68. The molecule has 116 valence electrons. The van der Waals surface area contributed by atoms with E-state index in [0.717, 1.165) is 19.3 Å². The van der Waals surface area contributed by atoms with Crippen LogP contribution in [0.1, 0.15) is 67.7 Å². The number of rotatable bonds is 10. The molecule has 2 atom stereocenters. The van der Waals surface area contributed by atoms with E-state index < -0.39 is 7.60 Å². The van der Waals surface area contributed by atoms with Gasteiger partial charge in [0.1, 0.15) is 0 Å². The van der Waals surface area contributed by atoms with Gasteiger partial charge in [0.2, 0.25) is 0 Å². The molecule has 0 spiro atoms. The first-order valence-electron chi connectivity index (χ1n) is 7.64. The van der Waals surface area contributed by atoms with Crippen LogP contribution in [0.15, 0.2) is 0 Å². The van der Waals surface area contributed by atoms with Crippen LogP contribution >= 0.6 is 7.60 Å². The molecule has 0 amide bonds. The Morgan fingerprint density at radius 3 is 1.47 bits per heavy atom. The van der Waals surface area contributed by atoms with E-state index in [-0.39, 0.29) is 12.2 Å². The highest BCUT2D eigenvalue weighted by molar-refractivity contribution is 7.53. The second-order valence-corrected chi connectivity index (χ2v) is 8.52. The molecule has 0 aliphatic carbocycles. The van der Waals surface area contributed by atoms with Crippen LogP contribution in [0.25, 0.3) is 0 Å². The lowest BCUT2D eigenvalue weighted by Crippen LogP contribution is -2.16. The second kappa shape index (κ2) is 9.15. The molecule has 2 unspecified atom stereocenters. The van der Waals surface area contributed by atoms with Crippen molar-refractivity contribution in [1.29, 1.82) is 0 Å². The quantitative estimate of drug-likeness (QED) is 0.499. The Labute approximate surface area is 120 Å². The third-order valence-electron chi connectivity index (χ3n) is 2.79. The lowest BCUT2D eigenvalue weighted by molar-refractivity contribution is 0.108. The van der Waals surface area contributed by atoms with E-state index >= 15 is 0 Å². The molecule has 0 N–H and O–H groups in total. The fourth-order valence-electron chi connectivity index (χ4n) is 2.37. The Hall–Kier alpha value is 0.150. The van der Waals surface area contributed by atoms with Gasteiger partial charge in [0.15, 0.2) is 0 Å². The highest BCUT2D eigenvalue weighted by atomic mass is 31.2. The van der Waals surface area contributed by atoms with Crippen LogP contribution in [0.4, 0.5) is 0 Å². The molecule has 0 heterocycles. The van der Waals surface area contributed by atoms with Crippen LogP contribution in [0.5, 0.6) is 0 Å². The highest BCUT2D eigenvalue weighted by Crippen LogP contribution is 2.52. The van der Waals surface area contributed by atoms with Gasteiger partial charge in [-0.05, 0) is 44.9 Å². The first kappa shape index (κ1) is 19.1. The molecule has 0 rings (SSSR count). The van der Waals surface area contributed by atoms with Gasteiger partial charge < -0.3 is 9.05 Å². The molecule has 0 saturated heterocycles. The van der Waals surface area contributed by atoms with Gasteiger partial charge in [-0.1, -0.05) is 34.6 Å². The monoisotopic (exact) mass is 292 g/mol. The van der Waals surface area contributed by atoms with Gasteiger partial charge in [0.05, 0.1) is 12.2 Å². The van der Waals surface area contributed by atoms with Crippen molar-refractivity contribution in [1.82, 2.24) is 0 Å². The summed E-state index contributed by atoms with van der Waals surface area (Å²) >= 11 is 0. The molecule has 0 saturated carbocycles. The maximum Gasteiger partial charge on any atom is 0.331 e. The summed E-state index contributed by atoms with van der Waals surface area (Å²) in [6.45, 7) is 14.6. The van der Waals surface area contributed by atoms with Crippen LogP contribution in [-0.2, 0) is 13.6 Å². The van der Waals surface area contributed by atoms with Gasteiger partial charge in [0, 0.05) is 6.16 Å². The van der Waals surface area contributed by atoms with Crippen molar-refractivity contribution in [2.75, 3.05) is 6.16 Å². The Bertz CT molecular complexity index is 255. The van der Waals surface area contributed by atoms with E-state index in [1.54, 1.807) is 0 Å². The minimum absolute atomic E-state index is 0.0105. The fraction of sp³-hybridized carbons (Fsp3) is 1.00. The van der Waals surface area contributed by atoms with Crippen molar-refractivity contribution in [2.24, 2.45) is 11.8 Å². The van der Waals surface area contributed by atoms with Crippen molar-refractivity contribution in [2.45, 2.75) is 79.9 Å². The average Bonchev–Trinajstić information content (AvgIpc) is 2.12. The van der Waals surface area contributed by atoms with Crippen molar-refractivity contribution >= 4 is 7.60 Å². The smallest absolute Gasteiger partial charge is 0.306 e. The normalized spacial score (nSPS) is 18.6. The molecule has 0 aliphatic heterocycles. The van der Waals surface area contributed by atoms with Crippen LogP contribution in [0.2, 0.25) is 0 Å². The topological polar surface area (TPSA) is 35.5 Å². The highest BCUT2D eigenvalue weighted by Gasteiger charge is 2.29. The molecule has 4 heteroatoms. The lowest BCUT2D eigenvalue weighted by atomic mass is 10.1. The fourth-order valence-corrected chi connectivity index (χ4v) is 4.44. The Morgan fingerprint density at radius 2 is 1.21 bits per heavy atom. The zero-order chi connectivity index (χ0) is 15.1. The van der Waals surface area contributed by atoms with E-state index in [4.69, 9.17) is 9.05 Å². The summed E-state index contributed by atoms with van der Waals surface area (Å²) < 4.78 is 24.3. The van der Waals surface area contributed by atoms with E-state index in [9.17, 15) is 4.57 Å². The van der Waals surface area contributed by atoms with Gasteiger partial charge in [-0.2, -0.15) is 0 Å². The molecule has 0 aromatic heterocycles. The van der Waals surface area contributed by atoms with Crippen molar-refractivity contribution in [3.63, 3.8) is 0 Å². The predicted molar refractivity (Wildman–Crippen MR) is 82.8 cm³/mol. The largest absolute Gasteiger partial charge is 0.331 e. The Balaban J connectivity index is 4.52.